The monoisotopic (exact) mass is 274 g/mol. The SMILES string of the molecule is CCCC/C(C)=C(/C(=N)c1cccc(OC)c1)C(N)=O. The first-order valence-electron chi connectivity index (χ1n) is 6.74. The van der Waals surface area contributed by atoms with Crippen LogP contribution in [0.15, 0.2) is 35.4 Å². The van der Waals surface area contributed by atoms with Crippen LogP contribution in [0.5, 0.6) is 5.75 Å². The van der Waals surface area contributed by atoms with E-state index in [0.717, 1.165) is 24.8 Å². The highest BCUT2D eigenvalue weighted by molar-refractivity contribution is 6.27. The van der Waals surface area contributed by atoms with E-state index in [4.69, 9.17) is 15.9 Å². The average molecular weight is 274 g/mol. The van der Waals surface area contributed by atoms with Gasteiger partial charge in [-0.2, -0.15) is 0 Å². The number of rotatable bonds is 7. The van der Waals surface area contributed by atoms with E-state index in [1.165, 1.54) is 0 Å². The maximum atomic E-state index is 11.7. The number of benzene rings is 1. The quantitative estimate of drug-likeness (QED) is 0.592. The zero-order valence-corrected chi connectivity index (χ0v) is 12.3. The van der Waals surface area contributed by atoms with E-state index in [1.807, 2.05) is 6.92 Å². The molecule has 20 heavy (non-hydrogen) atoms. The fourth-order valence-electron chi connectivity index (χ4n) is 2.04. The number of primary amides is 1. The van der Waals surface area contributed by atoms with Crippen LogP contribution >= 0.6 is 0 Å². The Labute approximate surface area is 120 Å². The van der Waals surface area contributed by atoms with Crippen molar-refractivity contribution in [1.82, 2.24) is 0 Å². The second kappa shape index (κ2) is 7.48. The van der Waals surface area contributed by atoms with Crippen molar-refractivity contribution in [3.63, 3.8) is 0 Å². The van der Waals surface area contributed by atoms with Crippen molar-refractivity contribution in [2.24, 2.45) is 5.73 Å². The number of nitrogens with one attached hydrogen (secondary N) is 1. The Morgan fingerprint density at radius 3 is 2.65 bits per heavy atom. The lowest BCUT2D eigenvalue weighted by Crippen LogP contribution is -2.22. The molecule has 0 saturated heterocycles. The molecular formula is C16H22N2O2. The molecule has 0 aliphatic rings. The standard InChI is InChI=1S/C16H22N2O2/c1-4-5-7-11(2)14(16(18)19)15(17)12-8-6-9-13(10-12)20-3/h6,8-10,17H,4-5,7H2,1-3H3,(H2,18,19)/b14-11-,17-15?. The number of carbonyl (C=O) groups excluding carboxylic acids is 1. The van der Waals surface area contributed by atoms with Crippen molar-refractivity contribution >= 4 is 11.6 Å². The molecule has 0 aliphatic heterocycles. The normalized spacial score (nSPS) is 11.8. The van der Waals surface area contributed by atoms with E-state index in [0.29, 0.717) is 16.9 Å². The third-order valence-corrected chi connectivity index (χ3v) is 3.19. The van der Waals surface area contributed by atoms with Gasteiger partial charge in [-0.3, -0.25) is 10.2 Å². The average Bonchev–Trinajstić information content (AvgIpc) is 2.44. The molecule has 4 nitrogen and oxygen atoms in total. The zero-order valence-electron chi connectivity index (χ0n) is 12.3. The van der Waals surface area contributed by atoms with Crippen molar-refractivity contribution in [1.29, 1.82) is 5.41 Å². The number of allylic oxidation sites excluding steroid dienone is 1. The van der Waals surface area contributed by atoms with Crippen LogP contribution < -0.4 is 10.5 Å². The summed E-state index contributed by atoms with van der Waals surface area (Å²) in [5, 5.41) is 8.24. The summed E-state index contributed by atoms with van der Waals surface area (Å²) in [5.74, 6) is 0.105. The zero-order chi connectivity index (χ0) is 15.1. The number of hydrogen-bond acceptors (Lipinski definition) is 3. The van der Waals surface area contributed by atoms with Crippen LogP contribution in [0.2, 0.25) is 0 Å². The fourth-order valence-corrected chi connectivity index (χ4v) is 2.04. The van der Waals surface area contributed by atoms with Gasteiger partial charge in [-0.15, -0.1) is 0 Å². The van der Waals surface area contributed by atoms with Gasteiger partial charge in [0.2, 0.25) is 0 Å². The Balaban J connectivity index is 3.14. The van der Waals surface area contributed by atoms with Crippen molar-refractivity contribution in [3.05, 3.63) is 41.0 Å². The molecule has 4 heteroatoms. The lowest BCUT2D eigenvalue weighted by Gasteiger charge is -2.11. The number of carbonyl (C=O) groups is 1. The lowest BCUT2D eigenvalue weighted by atomic mass is 9.95. The third-order valence-electron chi connectivity index (χ3n) is 3.19. The van der Waals surface area contributed by atoms with Crippen molar-refractivity contribution in [2.75, 3.05) is 7.11 Å². The maximum absolute atomic E-state index is 11.7. The van der Waals surface area contributed by atoms with Gasteiger partial charge in [-0.1, -0.05) is 31.1 Å². The van der Waals surface area contributed by atoms with Gasteiger partial charge < -0.3 is 10.5 Å². The highest BCUT2D eigenvalue weighted by Crippen LogP contribution is 2.20. The van der Waals surface area contributed by atoms with Gasteiger partial charge in [0.25, 0.3) is 5.91 Å². The Kier molecular flexibility index (Phi) is 5.97. The second-order valence-electron chi connectivity index (χ2n) is 4.73. The van der Waals surface area contributed by atoms with Gasteiger partial charge in [0.05, 0.1) is 18.4 Å². The third kappa shape index (κ3) is 3.95. The molecule has 0 heterocycles. The molecule has 0 fully saturated rings. The van der Waals surface area contributed by atoms with Crippen LogP contribution in [-0.4, -0.2) is 18.7 Å². The van der Waals surface area contributed by atoms with Crippen LogP contribution in [0.25, 0.3) is 0 Å². The van der Waals surface area contributed by atoms with E-state index < -0.39 is 5.91 Å². The summed E-state index contributed by atoms with van der Waals surface area (Å²) >= 11 is 0. The molecule has 0 radical (unpaired) electrons. The molecule has 0 spiro atoms. The largest absolute Gasteiger partial charge is 0.497 e. The lowest BCUT2D eigenvalue weighted by molar-refractivity contribution is -0.114. The molecule has 3 N–H and O–H groups in total. The Bertz CT molecular complexity index is 533. The van der Waals surface area contributed by atoms with Crippen molar-refractivity contribution in [3.8, 4) is 5.75 Å². The Morgan fingerprint density at radius 1 is 1.40 bits per heavy atom. The minimum Gasteiger partial charge on any atom is -0.497 e. The van der Waals surface area contributed by atoms with E-state index in [2.05, 4.69) is 6.92 Å². The first-order valence-corrected chi connectivity index (χ1v) is 6.74. The smallest absolute Gasteiger partial charge is 0.250 e. The first-order chi connectivity index (χ1) is 9.51. The number of methoxy groups -OCH3 is 1. The van der Waals surface area contributed by atoms with Gasteiger partial charge in [-0.05, 0) is 31.9 Å². The molecule has 1 aromatic carbocycles. The minimum atomic E-state index is -0.550. The van der Waals surface area contributed by atoms with Crippen LogP contribution in [0.1, 0.15) is 38.7 Å². The summed E-state index contributed by atoms with van der Waals surface area (Å²) in [7, 11) is 1.57. The van der Waals surface area contributed by atoms with Crippen molar-refractivity contribution in [2.45, 2.75) is 33.1 Å². The molecule has 0 aliphatic carbocycles. The summed E-state index contributed by atoms with van der Waals surface area (Å²) in [6, 6.07) is 7.11. The summed E-state index contributed by atoms with van der Waals surface area (Å²) < 4.78 is 5.14. The predicted molar refractivity (Wildman–Crippen MR) is 81.2 cm³/mol. The number of unbranched alkanes of at least 4 members (excludes halogenated alkanes) is 1. The maximum Gasteiger partial charge on any atom is 0.250 e. The molecule has 0 atom stereocenters. The van der Waals surface area contributed by atoms with E-state index in [1.54, 1.807) is 31.4 Å². The van der Waals surface area contributed by atoms with Gasteiger partial charge in [-0.25, -0.2) is 0 Å². The predicted octanol–water partition coefficient (Wildman–Crippen LogP) is 3.06. The summed E-state index contributed by atoms with van der Waals surface area (Å²) in [4.78, 5) is 11.7. The highest BCUT2D eigenvalue weighted by Gasteiger charge is 2.17. The minimum absolute atomic E-state index is 0.157. The molecule has 1 amide bonds. The molecule has 1 rings (SSSR count). The number of ether oxygens (including phenoxy) is 1. The molecule has 108 valence electrons. The summed E-state index contributed by atoms with van der Waals surface area (Å²) in [6.07, 6.45) is 2.80. The van der Waals surface area contributed by atoms with Gasteiger partial charge in [0.1, 0.15) is 5.75 Å². The molecule has 0 bridgehead atoms. The number of amides is 1. The van der Waals surface area contributed by atoms with Gasteiger partial charge in [0, 0.05) is 5.56 Å². The van der Waals surface area contributed by atoms with E-state index in [9.17, 15) is 4.79 Å². The van der Waals surface area contributed by atoms with E-state index in [-0.39, 0.29) is 5.71 Å². The molecule has 0 aromatic heterocycles. The van der Waals surface area contributed by atoms with Crippen LogP contribution in [0.4, 0.5) is 0 Å². The second-order valence-corrected chi connectivity index (χ2v) is 4.73. The van der Waals surface area contributed by atoms with E-state index >= 15 is 0 Å². The molecular weight excluding hydrogens is 252 g/mol. The molecule has 0 unspecified atom stereocenters. The topological polar surface area (TPSA) is 76.2 Å². The summed E-state index contributed by atoms with van der Waals surface area (Å²) in [6.45, 7) is 3.95. The Morgan fingerprint density at radius 2 is 2.10 bits per heavy atom. The summed E-state index contributed by atoms with van der Waals surface area (Å²) in [5.41, 5.74) is 7.42. The molecule has 0 saturated carbocycles. The Hall–Kier alpha value is -2.10. The fraction of sp³-hybridized carbons (Fsp3) is 0.375. The highest BCUT2D eigenvalue weighted by atomic mass is 16.5. The van der Waals surface area contributed by atoms with Crippen molar-refractivity contribution < 1.29 is 9.53 Å². The first kappa shape index (κ1) is 16.0. The van der Waals surface area contributed by atoms with Crippen LogP contribution in [0.3, 0.4) is 0 Å². The van der Waals surface area contributed by atoms with Crippen LogP contribution in [-0.2, 0) is 4.79 Å². The van der Waals surface area contributed by atoms with Crippen LogP contribution in [0, 0.1) is 5.41 Å². The number of nitrogens with two attached hydrogens (primary N) is 1. The number of hydrogen-bond donors (Lipinski definition) is 2. The van der Waals surface area contributed by atoms with Gasteiger partial charge >= 0.3 is 0 Å². The van der Waals surface area contributed by atoms with Gasteiger partial charge in [0.15, 0.2) is 0 Å². The molecule has 1 aromatic rings.